The Labute approximate surface area is 173 Å². The van der Waals surface area contributed by atoms with Gasteiger partial charge >= 0.3 is 12.1 Å². The van der Waals surface area contributed by atoms with Crippen LogP contribution in [0.4, 0.5) is 4.79 Å². The fourth-order valence-corrected chi connectivity index (χ4v) is 3.11. The minimum absolute atomic E-state index is 0.101. The average Bonchev–Trinajstić information content (AvgIpc) is 2.54. The number of benzene rings is 1. The SMILES string of the molecule is CCOC(=O)[C@H](CSCC(=O)c1ccc(Cl)c(Cl)c1)NC(=O)OC(C)(C)C. The fourth-order valence-electron chi connectivity index (χ4n) is 1.88. The molecule has 1 atom stereocenters. The van der Waals surface area contributed by atoms with Crippen LogP contribution >= 0.6 is 35.0 Å². The van der Waals surface area contributed by atoms with Gasteiger partial charge in [-0.2, -0.15) is 11.8 Å². The molecule has 0 saturated heterocycles. The van der Waals surface area contributed by atoms with E-state index in [1.807, 2.05) is 0 Å². The molecule has 6 nitrogen and oxygen atoms in total. The van der Waals surface area contributed by atoms with Gasteiger partial charge < -0.3 is 14.8 Å². The van der Waals surface area contributed by atoms with Crippen molar-refractivity contribution < 1.29 is 23.9 Å². The molecule has 0 aromatic heterocycles. The van der Waals surface area contributed by atoms with Crippen LogP contribution in [0.15, 0.2) is 18.2 Å². The number of hydrogen-bond donors (Lipinski definition) is 1. The number of rotatable bonds is 8. The van der Waals surface area contributed by atoms with E-state index in [0.29, 0.717) is 15.6 Å². The summed E-state index contributed by atoms with van der Waals surface area (Å²) in [5, 5.41) is 3.14. The summed E-state index contributed by atoms with van der Waals surface area (Å²) in [6.07, 6.45) is -0.725. The van der Waals surface area contributed by atoms with Crippen LogP contribution in [0, 0.1) is 0 Å². The molecule has 1 N–H and O–H groups in total. The quantitative estimate of drug-likeness (QED) is 0.482. The molecule has 1 amide bonds. The van der Waals surface area contributed by atoms with E-state index in [4.69, 9.17) is 32.7 Å². The van der Waals surface area contributed by atoms with Gasteiger partial charge in [0.2, 0.25) is 0 Å². The van der Waals surface area contributed by atoms with Crippen LogP contribution in [0.5, 0.6) is 0 Å². The second kappa shape index (κ2) is 10.8. The smallest absolute Gasteiger partial charge is 0.408 e. The van der Waals surface area contributed by atoms with E-state index in [9.17, 15) is 14.4 Å². The number of carbonyl (C=O) groups is 3. The van der Waals surface area contributed by atoms with Crippen molar-refractivity contribution in [3.05, 3.63) is 33.8 Å². The molecule has 0 fully saturated rings. The first-order valence-corrected chi connectivity index (χ1v) is 10.2. The van der Waals surface area contributed by atoms with Crippen LogP contribution in [-0.2, 0) is 14.3 Å². The Morgan fingerprint density at radius 2 is 1.85 bits per heavy atom. The molecule has 0 radical (unpaired) electrons. The second-order valence-electron chi connectivity index (χ2n) is 6.52. The maximum absolute atomic E-state index is 12.2. The molecule has 0 unspecified atom stereocenters. The topological polar surface area (TPSA) is 81.7 Å². The summed E-state index contributed by atoms with van der Waals surface area (Å²) in [6.45, 7) is 7.01. The zero-order valence-corrected chi connectivity index (χ0v) is 18.0. The molecule has 0 spiro atoms. The first-order chi connectivity index (χ1) is 12.5. The highest BCUT2D eigenvalue weighted by Crippen LogP contribution is 2.23. The van der Waals surface area contributed by atoms with Crippen molar-refractivity contribution in [2.24, 2.45) is 0 Å². The number of ether oxygens (including phenoxy) is 2. The third-order valence-corrected chi connectivity index (χ3v) is 4.80. The third kappa shape index (κ3) is 8.86. The fraction of sp³-hybridized carbons (Fsp3) is 0.500. The van der Waals surface area contributed by atoms with Gasteiger partial charge in [-0.15, -0.1) is 0 Å². The second-order valence-corrected chi connectivity index (χ2v) is 8.36. The Hall–Kier alpha value is -1.44. The molecule has 0 aliphatic rings. The molecule has 0 aliphatic heterocycles. The molecule has 150 valence electrons. The lowest BCUT2D eigenvalue weighted by Crippen LogP contribution is -2.45. The summed E-state index contributed by atoms with van der Waals surface area (Å²) in [7, 11) is 0. The van der Waals surface area contributed by atoms with Crippen LogP contribution in [0.25, 0.3) is 0 Å². The predicted octanol–water partition coefficient (Wildman–Crippen LogP) is 4.37. The summed E-state index contributed by atoms with van der Waals surface area (Å²) in [6, 6.07) is 3.70. The number of alkyl carbamates (subject to hydrolysis) is 1. The number of halogens is 2. The number of ketones is 1. The van der Waals surface area contributed by atoms with Crippen molar-refractivity contribution in [3.63, 3.8) is 0 Å². The zero-order chi connectivity index (χ0) is 20.6. The van der Waals surface area contributed by atoms with E-state index in [1.54, 1.807) is 39.8 Å². The molecule has 9 heteroatoms. The Balaban J connectivity index is 2.64. The molecular formula is C18H23Cl2NO5S. The van der Waals surface area contributed by atoms with Gasteiger partial charge in [-0.3, -0.25) is 4.79 Å². The lowest BCUT2D eigenvalue weighted by Gasteiger charge is -2.22. The Morgan fingerprint density at radius 3 is 2.41 bits per heavy atom. The van der Waals surface area contributed by atoms with Crippen molar-refractivity contribution in [1.82, 2.24) is 5.32 Å². The first kappa shape index (κ1) is 23.6. The van der Waals surface area contributed by atoms with Gasteiger partial charge in [0.15, 0.2) is 5.78 Å². The number of hydrogen-bond acceptors (Lipinski definition) is 6. The lowest BCUT2D eigenvalue weighted by atomic mass is 10.1. The summed E-state index contributed by atoms with van der Waals surface area (Å²) < 4.78 is 10.1. The minimum Gasteiger partial charge on any atom is -0.464 e. The first-order valence-electron chi connectivity index (χ1n) is 8.25. The van der Waals surface area contributed by atoms with E-state index in [2.05, 4.69) is 5.32 Å². The number of esters is 1. The largest absolute Gasteiger partial charge is 0.464 e. The van der Waals surface area contributed by atoms with Gasteiger partial charge in [-0.05, 0) is 45.9 Å². The van der Waals surface area contributed by atoms with Crippen molar-refractivity contribution in [1.29, 1.82) is 0 Å². The van der Waals surface area contributed by atoms with E-state index in [1.165, 1.54) is 17.8 Å². The lowest BCUT2D eigenvalue weighted by molar-refractivity contribution is -0.145. The normalized spacial score (nSPS) is 12.2. The van der Waals surface area contributed by atoms with E-state index >= 15 is 0 Å². The molecule has 1 aromatic carbocycles. The summed E-state index contributed by atoms with van der Waals surface area (Å²) >= 11 is 12.9. The highest BCUT2D eigenvalue weighted by Gasteiger charge is 2.25. The van der Waals surface area contributed by atoms with Crippen molar-refractivity contribution in [3.8, 4) is 0 Å². The zero-order valence-electron chi connectivity index (χ0n) is 15.6. The van der Waals surface area contributed by atoms with Gasteiger partial charge in [-0.25, -0.2) is 9.59 Å². The van der Waals surface area contributed by atoms with Crippen LogP contribution in [0.1, 0.15) is 38.1 Å². The standard InChI is InChI=1S/C18H23Cl2NO5S/c1-5-25-16(23)14(21-17(24)26-18(2,3)4)9-27-10-15(22)11-6-7-12(19)13(20)8-11/h6-8,14H,5,9-10H2,1-4H3,(H,21,24)/t14-/m0/s1. The van der Waals surface area contributed by atoms with Gasteiger partial charge in [-0.1, -0.05) is 23.2 Å². The Bertz CT molecular complexity index is 691. The van der Waals surface area contributed by atoms with Crippen molar-refractivity contribution in [2.75, 3.05) is 18.1 Å². The van der Waals surface area contributed by atoms with Crippen LogP contribution in [0.3, 0.4) is 0 Å². The maximum Gasteiger partial charge on any atom is 0.408 e. The molecule has 0 heterocycles. The molecule has 0 saturated carbocycles. The van der Waals surface area contributed by atoms with E-state index in [0.717, 1.165) is 0 Å². The molecule has 0 aliphatic carbocycles. The Kier molecular flexibility index (Phi) is 9.42. The maximum atomic E-state index is 12.2. The Morgan fingerprint density at radius 1 is 1.19 bits per heavy atom. The molecule has 0 bridgehead atoms. The number of nitrogens with one attached hydrogen (secondary N) is 1. The summed E-state index contributed by atoms with van der Waals surface area (Å²) in [5.74, 6) is -0.495. The summed E-state index contributed by atoms with van der Waals surface area (Å²) in [5.41, 5.74) is -0.273. The van der Waals surface area contributed by atoms with Gasteiger partial charge in [0.1, 0.15) is 11.6 Å². The van der Waals surface area contributed by atoms with Gasteiger partial charge in [0.05, 0.1) is 22.4 Å². The highest BCUT2D eigenvalue weighted by molar-refractivity contribution is 8.00. The molecule has 1 rings (SSSR count). The molecular weight excluding hydrogens is 413 g/mol. The number of amides is 1. The van der Waals surface area contributed by atoms with Gasteiger partial charge in [0, 0.05) is 11.3 Å². The highest BCUT2D eigenvalue weighted by atomic mass is 35.5. The monoisotopic (exact) mass is 435 g/mol. The van der Waals surface area contributed by atoms with E-state index < -0.39 is 23.7 Å². The average molecular weight is 436 g/mol. The summed E-state index contributed by atoms with van der Waals surface area (Å²) in [4.78, 5) is 36.2. The van der Waals surface area contributed by atoms with Crippen LogP contribution in [0.2, 0.25) is 10.0 Å². The van der Waals surface area contributed by atoms with Crippen molar-refractivity contribution in [2.45, 2.75) is 39.3 Å². The van der Waals surface area contributed by atoms with E-state index in [-0.39, 0.29) is 23.9 Å². The van der Waals surface area contributed by atoms with Crippen LogP contribution < -0.4 is 5.32 Å². The third-order valence-electron chi connectivity index (χ3n) is 3.02. The van der Waals surface area contributed by atoms with Gasteiger partial charge in [0.25, 0.3) is 0 Å². The number of thioether (sulfide) groups is 1. The minimum atomic E-state index is -0.925. The predicted molar refractivity (Wildman–Crippen MR) is 108 cm³/mol. The number of carbonyl (C=O) groups excluding carboxylic acids is 3. The number of Topliss-reactive ketones (excluding diaryl/α,β-unsaturated/α-hetero) is 1. The van der Waals surface area contributed by atoms with Crippen molar-refractivity contribution >= 4 is 52.8 Å². The van der Waals surface area contributed by atoms with Crippen LogP contribution in [-0.4, -0.2) is 47.6 Å². The molecule has 1 aromatic rings. The molecule has 27 heavy (non-hydrogen) atoms.